The topological polar surface area (TPSA) is 50.3 Å². The first-order valence-electron chi connectivity index (χ1n) is 8.23. The first-order valence-corrected chi connectivity index (χ1v) is 8.23. The van der Waals surface area contributed by atoms with Gasteiger partial charge >= 0.3 is 0 Å². The number of morpholine rings is 1. The number of ether oxygens (including phenoxy) is 1. The van der Waals surface area contributed by atoms with E-state index in [0.717, 1.165) is 49.9 Å². The van der Waals surface area contributed by atoms with Gasteiger partial charge in [0.25, 0.3) is 0 Å². The summed E-state index contributed by atoms with van der Waals surface area (Å²) in [5, 5.41) is 3.35. The van der Waals surface area contributed by atoms with Crippen LogP contribution in [0.2, 0.25) is 0 Å². The molecule has 0 spiro atoms. The van der Waals surface area contributed by atoms with Crippen LogP contribution in [0.3, 0.4) is 0 Å². The van der Waals surface area contributed by atoms with Crippen LogP contribution in [-0.4, -0.2) is 42.8 Å². The molecule has 1 N–H and O–H groups in total. The van der Waals surface area contributed by atoms with E-state index in [2.05, 4.69) is 42.3 Å². The molecular weight excluding hydrogens is 288 g/mol. The second kappa shape index (κ2) is 7.42. The molecule has 0 amide bonds. The van der Waals surface area contributed by atoms with Crippen LogP contribution in [0.1, 0.15) is 13.8 Å². The second-order valence-corrected chi connectivity index (χ2v) is 6.18. The fourth-order valence-electron chi connectivity index (χ4n) is 2.52. The number of anilines is 2. The minimum atomic E-state index is 0.547. The average molecular weight is 312 g/mol. The summed E-state index contributed by atoms with van der Waals surface area (Å²) in [6.07, 6.45) is 0. The van der Waals surface area contributed by atoms with E-state index >= 15 is 0 Å². The third-order valence-corrected chi connectivity index (χ3v) is 3.79. The maximum atomic E-state index is 5.44. The lowest BCUT2D eigenvalue weighted by molar-refractivity contribution is 0.122. The van der Waals surface area contributed by atoms with Crippen LogP contribution in [0.5, 0.6) is 0 Å². The molecule has 1 saturated heterocycles. The molecule has 0 saturated carbocycles. The highest BCUT2D eigenvalue weighted by atomic mass is 16.5. The highest BCUT2D eigenvalue weighted by Crippen LogP contribution is 2.24. The molecule has 2 heterocycles. The van der Waals surface area contributed by atoms with E-state index in [0.29, 0.717) is 11.9 Å². The van der Waals surface area contributed by atoms with Crippen LogP contribution in [-0.2, 0) is 4.74 Å². The third-order valence-electron chi connectivity index (χ3n) is 3.79. The zero-order chi connectivity index (χ0) is 16.1. The zero-order valence-electron chi connectivity index (χ0n) is 13.8. The predicted molar refractivity (Wildman–Crippen MR) is 93.8 cm³/mol. The van der Waals surface area contributed by atoms with Gasteiger partial charge in [0.15, 0.2) is 0 Å². The Hall–Kier alpha value is -2.14. The van der Waals surface area contributed by atoms with Crippen LogP contribution in [0.25, 0.3) is 11.3 Å². The molecule has 122 valence electrons. The van der Waals surface area contributed by atoms with Gasteiger partial charge in [-0.2, -0.15) is 4.98 Å². The number of nitrogens with zero attached hydrogens (tertiary/aromatic N) is 3. The molecule has 1 aromatic carbocycles. The van der Waals surface area contributed by atoms with Gasteiger partial charge in [-0.25, -0.2) is 4.98 Å². The Morgan fingerprint density at radius 3 is 2.57 bits per heavy atom. The maximum Gasteiger partial charge on any atom is 0.225 e. The van der Waals surface area contributed by atoms with Gasteiger partial charge in [-0.1, -0.05) is 44.2 Å². The Morgan fingerprint density at radius 2 is 1.87 bits per heavy atom. The van der Waals surface area contributed by atoms with Crippen LogP contribution >= 0.6 is 0 Å². The predicted octanol–water partition coefficient (Wildman–Crippen LogP) is 3.05. The van der Waals surface area contributed by atoms with Crippen LogP contribution in [0.4, 0.5) is 11.8 Å². The first kappa shape index (κ1) is 15.7. The van der Waals surface area contributed by atoms with Gasteiger partial charge in [-0.3, -0.25) is 0 Å². The molecular formula is C18H24N4O. The smallest absolute Gasteiger partial charge is 0.225 e. The number of rotatable bonds is 5. The molecule has 1 aliphatic rings. The van der Waals surface area contributed by atoms with Crippen molar-refractivity contribution in [2.24, 2.45) is 5.92 Å². The minimum absolute atomic E-state index is 0.547. The zero-order valence-corrected chi connectivity index (χ0v) is 13.8. The van der Waals surface area contributed by atoms with Crippen molar-refractivity contribution in [3.8, 4) is 11.3 Å². The van der Waals surface area contributed by atoms with Crippen LogP contribution < -0.4 is 10.2 Å². The number of aromatic nitrogens is 2. The summed E-state index contributed by atoms with van der Waals surface area (Å²) in [6.45, 7) is 8.46. The SMILES string of the molecule is CC(C)CNc1nc(-c2ccccc2)cc(N2CCOCC2)n1. The summed E-state index contributed by atoms with van der Waals surface area (Å²) in [4.78, 5) is 11.7. The summed E-state index contributed by atoms with van der Waals surface area (Å²) in [5.41, 5.74) is 2.06. The highest BCUT2D eigenvalue weighted by molar-refractivity contribution is 5.64. The van der Waals surface area contributed by atoms with E-state index in [1.165, 1.54) is 0 Å². The Bertz CT molecular complexity index is 624. The molecule has 5 heteroatoms. The van der Waals surface area contributed by atoms with Crippen molar-refractivity contribution in [3.05, 3.63) is 36.4 Å². The van der Waals surface area contributed by atoms with Crippen molar-refractivity contribution in [1.29, 1.82) is 0 Å². The fourth-order valence-corrected chi connectivity index (χ4v) is 2.52. The van der Waals surface area contributed by atoms with Crippen molar-refractivity contribution in [2.45, 2.75) is 13.8 Å². The lowest BCUT2D eigenvalue weighted by Gasteiger charge is -2.28. The number of nitrogens with one attached hydrogen (secondary N) is 1. The second-order valence-electron chi connectivity index (χ2n) is 6.18. The van der Waals surface area contributed by atoms with E-state index in [4.69, 9.17) is 14.7 Å². The molecule has 0 atom stereocenters. The summed E-state index contributed by atoms with van der Waals surface area (Å²) in [7, 11) is 0. The molecule has 23 heavy (non-hydrogen) atoms. The van der Waals surface area contributed by atoms with Crippen molar-refractivity contribution in [3.63, 3.8) is 0 Å². The first-order chi connectivity index (χ1) is 11.2. The Labute approximate surface area is 137 Å². The lowest BCUT2D eigenvalue weighted by Crippen LogP contribution is -2.37. The fraction of sp³-hybridized carbons (Fsp3) is 0.444. The third kappa shape index (κ3) is 4.20. The molecule has 0 unspecified atom stereocenters. The van der Waals surface area contributed by atoms with Crippen molar-refractivity contribution >= 4 is 11.8 Å². The lowest BCUT2D eigenvalue weighted by atomic mass is 10.1. The van der Waals surface area contributed by atoms with Gasteiger partial charge < -0.3 is 15.0 Å². The van der Waals surface area contributed by atoms with Crippen molar-refractivity contribution in [2.75, 3.05) is 43.1 Å². The van der Waals surface area contributed by atoms with Crippen molar-refractivity contribution < 1.29 is 4.74 Å². The van der Waals surface area contributed by atoms with Gasteiger partial charge in [0, 0.05) is 31.3 Å². The summed E-state index contributed by atoms with van der Waals surface area (Å²) in [5.74, 6) is 2.21. The van der Waals surface area contributed by atoms with Gasteiger partial charge in [0.2, 0.25) is 5.95 Å². The monoisotopic (exact) mass is 312 g/mol. The Balaban J connectivity index is 1.92. The maximum absolute atomic E-state index is 5.44. The molecule has 0 radical (unpaired) electrons. The van der Waals surface area contributed by atoms with E-state index in [1.807, 2.05) is 18.2 Å². The number of benzene rings is 1. The number of hydrogen-bond acceptors (Lipinski definition) is 5. The molecule has 2 aromatic rings. The van der Waals surface area contributed by atoms with Crippen LogP contribution in [0.15, 0.2) is 36.4 Å². The van der Waals surface area contributed by atoms with E-state index in [1.54, 1.807) is 0 Å². The van der Waals surface area contributed by atoms with E-state index in [9.17, 15) is 0 Å². The number of hydrogen-bond donors (Lipinski definition) is 1. The van der Waals surface area contributed by atoms with Gasteiger partial charge in [-0.05, 0) is 5.92 Å². The quantitative estimate of drug-likeness (QED) is 0.919. The van der Waals surface area contributed by atoms with Gasteiger partial charge in [0.05, 0.1) is 18.9 Å². The van der Waals surface area contributed by atoms with Crippen LogP contribution in [0, 0.1) is 5.92 Å². The van der Waals surface area contributed by atoms with Crippen molar-refractivity contribution in [1.82, 2.24) is 9.97 Å². The Morgan fingerprint density at radius 1 is 1.13 bits per heavy atom. The summed E-state index contributed by atoms with van der Waals surface area (Å²) >= 11 is 0. The molecule has 1 fully saturated rings. The van der Waals surface area contributed by atoms with Gasteiger partial charge in [0.1, 0.15) is 5.82 Å². The Kier molecular flexibility index (Phi) is 5.08. The summed E-state index contributed by atoms with van der Waals surface area (Å²) in [6, 6.07) is 12.3. The molecule has 5 nitrogen and oxygen atoms in total. The normalized spacial score (nSPS) is 15.0. The molecule has 0 bridgehead atoms. The van der Waals surface area contributed by atoms with E-state index < -0.39 is 0 Å². The minimum Gasteiger partial charge on any atom is -0.378 e. The molecule has 1 aromatic heterocycles. The molecule has 3 rings (SSSR count). The van der Waals surface area contributed by atoms with Gasteiger partial charge in [-0.15, -0.1) is 0 Å². The molecule has 1 aliphatic heterocycles. The average Bonchev–Trinajstić information content (AvgIpc) is 2.61. The summed E-state index contributed by atoms with van der Waals surface area (Å²) < 4.78 is 5.44. The highest BCUT2D eigenvalue weighted by Gasteiger charge is 2.15. The van der Waals surface area contributed by atoms with E-state index in [-0.39, 0.29) is 0 Å². The molecule has 0 aliphatic carbocycles. The standard InChI is InChI=1S/C18H24N4O/c1-14(2)13-19-18-20-16(15-6-4-3-5-7-15)12-17(21-18)22-8-10-23-11-9-22/h3-7,12,14H,8-11,13H2,1-2H3,(H,19,20,21). The largest absolute Gasteiger partial charge is 0.378 e.